The standard InChI is InChI=1S/C9H9Cl.Na/c1-2-9(10)8-6-4-3-5-7-8;/h2-7,9H,1H2;. The van der Waals surface area contributed by atoms with Crippen LogP contribution in [0.2, 0.25) is 0 Å². The Balaban J connectivity index is 0.000001000. The van der Waals surface area contributed by atoms with E-state index in [1.54, 1.807) is 6.08 Å². The summed E-state index contributed by atoms with van der Waals surface area (Å²) < 4.78 is 0. The van der Waals surface area contributed by atoms with Crippen molar-refractivity contribution in [3.63, 3.8) is 0 Å². The molecule has 0 spiro atoms. The smallest absolute Gasteiger partial charge is 0.0763 e. The van der Waals surface area contributed by atoms with Gasteiger partial charge in [0.05, 0.1) is 5.38 Å². The van der Waals surface area contributed by atoms with Gasteiger partial charge in [-0.1, -0.05) is 36.4 Å². The van der Waals surface area contributed by atoms with Crippen LogP contribution in [-0.4, -0.2) is 29.6 Å². The summed E-state index contributed by atoms with van der Waals surface area (Å²) in [6.07, 6.45) is 1.72. The minimum Gasteiger partial charge on any atom is -0.113 e. The van der Waals surface area contributed by atoms with Crippen molar-refractivity contribution < 1.29 is 0 Å². The summed E-state index contributed by atoms with van der Waals surface area (Å²) in [5, 5.41) is -0.0544. The molecule has 0 heterocycles. The molecule has 0 aliphatic heterocycles. The Morgan fingerprint density at radius 3 is 2.27 bits per heavy atom. The molecule has 11 heavy (non-hydrogen) atoms. The average Bonchev–Trinajstić information content (AvgIpc) is 2.05. The fourth-order valence-corrected chi connectivity index (χ4v) is 0.918. The SMILES string of the molecule is C=CC(Cl)c1ccccc1.[Na]. The van der Waals surface area contributed by atoms with E-state index in [9.17, 15) is 0 Å². The van der Waals surface area contributed by atoms with Gasteiger partial charge >= 0.3 is 0 Å². The summed E-state index contributed by atoms with van der Waals surface area (Å²) in [6, 6.07) is 9.87. The van der Waals surface area contributed by atoms with Crippen molar-refractivity contribution in [3.05, 3.63) is 48.6 Å². The Morgan fingerprint density at radius 1 is 1.27 bits per heavy atom. The van der Waals surface area contributed by atoms with E-state index in [-0.39, 0.29) is 34.9 Å². The summed E-state index contributed by atoms with van der Waals surface area (Å²) in [5.74, 6) is 0. The van der Waals surface area contributed by atoms with E-state index in [4.69, 9.17) is 11.6 Å². The van der Waals surface area contributed by atoms with Gasteiger partial charge in [0.15, 0.2) is 0 Å². The van der Waals surface area contributed by atoms with Crippen LogP contribution in [-0.2, 0) is 0 Å². The first-order valence-corrected chi connectivity index (χ1v) is 3.60. The number of benzene rings is 1. The number of hydrogen-bond acceptors (Lipinski definition) is 0. The van der Waals surface area contributed by atoms with E-state index in [1.807, 2.05) is 30.3 Å². The summed E-state index contributed by atoms with van der Waals surface area (Å²) in [5.41, 5.74) is 1.10. The largest absolute Gasteiger partial charge is 0.113 e. The second-order valence-electron chi connectivity index (χ2n) is 2.05. The summed E-state index contributed by atoms with van der Waals surface area (Å²) in [7, 11) is 0. The van der Waals surface area contributed by atoms with E-state index in [1.165, 1.54) is 0 Å². The Labute approximate surface area is 94.6 Å². The monoisotopic (exact) mass is 175 g/mol. The van der Waals surface area contributed by atoms with Crippen LogP contribution in [0.15, 0.2) is 43.0 Å². The molecular formula is C9H9ClNa. The fourth-order valence-electron chi connectivity index (χ4n) is 0.773. The van der Waals surface area contributed by atoms with Gasteiger partial charge < -0.3 is 0 Å². The zero-order chi connectivity index (χ0) is 7.40. The van der Waals surface area contributed by atoms with E-state index < -0.39 is 0 Å². The molecule has 1 unspecified atom stereocenters. The minimum absolute atomic E-state index is 0. The van der Waals surface area contributed by atoms with Crippen molar-refractivity contribution in [2.24, 2.45) is 0 Å². The van der Waals surface area contributed by atoms with Gasteiger partial charge in [-0.3, -0.25) is 0 Å². The van der Waals surface area contributed by atoms with Gasteiger partial charge in [0.1, 0.15) is 0 Å². The molecule has 0 N–H and O–H groups in total. The third-order valence-electron chi connectivity index (χ3n) is 1.32. The summed E-state index contributed by atoms with van der Waals surface area (Å²) in [4.78, 5) is 0. The summed E-state index contributed by atoms with van der Waals surface area (Å²) in [6.45, 7) is 3.61. The number of alkyl halides is 1. The number of halogens is 1. The molecule has 1 rings (SSSR count). The first-order valence-electron chi connectivity index (χ1n) is 3.16. The topological polar surface area (TPSA) is 0 Å². The Morgan fingerprint density at radius 2 is 1.82 bits per heavy atom. The molecule has 0 bridgehead atoms. The first kappa shape index (κ1) is 11.2. The van der Waals surface area contributed by atoms with E-state index in [0.717, 1.165) is 5.56 Å². The predicted molar refractivity (Wildman–Crippen MR) is 51.0 cm³/mol. The molecule has 0 amide bonds. The van der Waals surface area contributed by atoms with Crippen molar-refractivity contribution >= 4 is 41.2 Å². The Hall–Kier alpha value is 0.250. The number of hydrogen-bond donors (Lipinski definition) is 0. The summed E-state index contributed by atoms with van der Waals surface area (Å²) >= 11 is 5.87. The molecular weight excluding hydrogens is 167 g/mol. The third kappa shape index (κ3) is 3.44. The van der Waals surface area contributed by atoms with Crippen LogP contribution < -0.4 is 0 Å². The molecule has 0 saturated carbocycles. The fraction of sp³-hybridized carbons (Fsp3) is 0.111. The van der Waals surface area contributed by atoms with Crippen LogP contribution >= 0.6 is 11.6 Å². The molecule has 0 aliphatic carbocycles. The molecule has 0 fully saturated rings. The van der Waals surface area contributed by atoms with E-state index >= 15 is 0 Å². The van der Waals surface area contributed by atoms with E-state index in [0.29, 0.717) is 0 Å². The zero-order valence-corrected chi connectivity index (χ0v) is 9.38. The molecule has 1 atom stereocenters. The van der Waals surface area contributed by atoms with Crippen LogP contribution in [0.1, 0.15) is 10.9 Å². The predicted octanol–water partition coefficient (Wildman–Crippen LogP) is 2.77. The van der Waals surface area contributed by atoms with Gasteiger partial charge in [-0.2, -0.15) is 0 Å². The maximum absolute atomic E-state index is 5.87. The Bertz CT molecular complexity index is 208. The van der Waals surface area contributed by atoms with Gasteiger partial charge in [-0.05, 0) is 5.56 Å². The molecule has 0 saturated heterocycles. The van der Waals surface area contributed by atoms with Crippen LogP contribution in [0, 0.1) is 0 Å². The first-order chi connectivity index (χ1) is 4.84. The maximum Gasteiger partial charge on any atom is 0.0763 e. The van der Waals surface area contributed by atoms with E-state index in [2.05, 4.69) is 6.58 Å². The molecule has 2 heteroatoms. The number of allylic oxidation sites excluding steroid dienone is 1. The van der Waals surface area contributed by atoms with Crippen LogP contribution in [0.3, 0.4) is 0 Å². The number of rotatable bonds is 2. The van der Waals surface area contributed by atoms with Crippen molar-refractivity contribution in [2.75, 3.05) is 0 Å². The molecule has 0 nitrogen and oxygen atoms in total. The van der Waals surface area contributed by atoms with Crippen molar-refractivity contribution in [1.29, 1.82) is 0 Å². The van der Waals surface area contributed by atoms with Crippen molar-refractivity contribution in [3.8, 4) is 0 Å². The van der Waals surface area contributed by atoms with Gasteiger partial charge in [-0.15, -0.1) is 18.2 Å². The molecule has 0 aromatic heterocycles. The molecule has 53 valence electrons. The molecule has 1 radical (unpaired) electrons. The molecule has 1 aromatic rings. The van der Waals surface area contributed by atoms with Crippen LogP contribution in [0.25, 0.3) is 0 Å². The van der Waals surface area contributed by atoms with Crippen LogP contribution in [0.5, 0.6) is 0 Å². The minimum atomic E-state index is -0.0544. The second-order valence-corrected chi connectivity index (χ2v) is 2.52. The average molecular weight is 176 g/mol. The van der Waals surface area contributed by atoms with Gasteiger partial charge in [0.2, 0.25) is 0 Å². The Kier molecular flexibility index (Phi) is 5.98. The molecule has 1 aromatic carbocycles. The normalized spacial score (nSPS) is 11.4. The van der Waals surface area contributed by atoms with Crippen molar-refractivity contribution in [2.45, 2.75) is 5.38 Å². The third-order valence-corrected chi connectivity index (χ3v) is 1.76. The van der Waals surface area contributed by atoms with Gasteiger partial charge in [-0.25, -0.2) is 0 Å². The second kappa shape index (κ2) is 5.84. The zero-order valence-electron chi connectivity index (χ0n) is 6.63. The van der Waals surface area contributed by atoms with Gasteiger partial charge in [0.25, 0.3) is 0 Å². The van der Waals surface area contributed by atoms with Gasteiger partial charge in [0, 0.05) is 29.6 Å². The van der Waals surface area contributed by atoms with Crippen LogP contribution in [0.4, 0.5) is 0 Å². The van der Waals surface area contributed by atoms with Crippen molar-refractivity contribution in [1.82, 2.24) is 0 Å². The quantitative estimate of drug-likeness (QED) is 0.368. The maximum atomic E-state index is 5.87. The molecule has 0 aliphatic rings.